The van der Waals surface area contributed by atoms with Crippen LogP contribution in [0.1, 0.15) is 0 Å². The summed E-state index contributed by atoms with van der Waals surface area (Å²) < 4.78 is 57.3. The zero-order valence-corrected chi connectivity index (χ0v) is 21.9. The van der Waals surface area contributed by atoms with Crippen molar-refractivity contribution in [2.24, 2.45) is 0 Å². The monoisotopic (exact) mass is 568 g/mol. The van der Waals surface area contributed by atoms with Crippen LogP contribution in [0.15, 0.2) is 41.1 Å². The van der Waals surface area contributed by atoms with Gasteiger partial charge >= 0.3 is 0 Å². The number of rotatable bonds is 7. The summed E-state index contributed by atoms with van der Waals surface area (Å²) >= 11 is 0. The number of nitrogens with one attached hydrogen (secondary N) is 1. The number of aromatic nitrogens is 6. The lowest BCUT2D eigenvalue weighted by Gasteiger charge is -2.36. The minimum Gasteiger partial charge on any atom is -0.483 e. The number of anilines is 2. The summed E-state index contributed by atoms with van der Waals surface area (Å²) in [7, 11) is 0. The lowest BCUT2D eigenvalue weighted by atomic mass is 10.2. The van der Waals surface area contributed by atoms with Crippen molar-refractivity contribution in [1.82, 2.24) is 39.6 Å². The predicted molar refractivity (Wildman–Crippen MR) is 143 cm³/mol. The highest BCUT2D eigenvalue weighted by molar-refractivity contribution is 5.90. The molecule has 15 heteroatoms. The van der Waals surface area contributed by atoms with E-state index in [2.05, 4.69) is 30.4 Å². The number of hydrogen-bond acceptors (Lipinski definition) is 10. The normalized spacial score (nSPS) is 20.0. The van der Waals surface area contributed by atoms with E-state index in [0.29, 0.717) is 67.5 Å². The molecule has 2 aliphatic rings. The molecule has 0 radical (unpaired) electrons. The van der Waals surface area contributed by atoms with Gasteiger partial charge in [0.15, 0.2) is 34.8 Å². The van der Waals surface area contributed by atoms with Crippen LogP contribution in [-0.2, 0) is 6.54 Å². The molecule has 0 aliphatic carbocycles. The van der Waals surface area contributed by atoms with Crippen LogP contribution < -0.4 is 20.7 Å². The van der Waals surface area contributed by atoms with Gasteiger partial charge in [0.25, 0.3) is 0 Å². The molecule has 12 nitrogen and oxygen atoms in total. The summed E-state index contributed by atoms with van der Waals surface area (Å²) in [4.78, 5) is 13.2. The zero-order chi connectivity index (χ0) is 28.1. The molecule has 2 saturated heterocycles. The summed E-state index contributed by atoms with van der Waals surface area (Å²) in [6.45, 7) is 4.01. The smallest absolute Gasteiger partial charge is 0.225 e. The van der Waals surface area contributed by atoms with Gasteiger partial charge in [0.05, 0.1) is 30.1 Å². The second kappa shape index (κ2) is 10.2. The van der Waals surface area contributed by atoms with Crippen molar-refractivity contribution >= 4 is 28.3 Å². The molecular weight excluding hydrogens is 541 g/mol. The van der Waals surface area contributed by atoms with E-state index in [9.17, 15) is 13.2 Å². The first-order chi connectivity index (χ1) is 19.9. The van der Waals surface area contributed by atoms with Crippen LogP contribution in [0.4, 0.5) is 24.8 Å². The van der Waals surface area contributed by atoms with Crippen molar-refractivity contribution in [1.29, 1.82) is 0 Å². The number of nitrogens with two attached hydrogens (primary N) is 1. The Morgan fingerprint density at radius 1 is 1.05 bits per heavy atom. The maximum Gasteiger partial charge on any atom is 0.225 e. The minimum atomic E-state index is -1.24. The van der Waals surface area contributed by atoms with E-state index in [-0.39, 0.29) is 30.5 Å². The second-order valence-electron chi connectivity index (χ2n) is 10.1. The summed E-state index contributed by atoms with van der Waals surface area (Å²) in [6, 6.07) is 5.66. The van der Waals surface area contributed by atoms with E-state index < -0.39 is 23.9 Å². The molecule has 4 aromatic heterocycles. The molecule has 0 bridgehead atoms. The average Bonchev–Trinajstić information content (AvgIpc) is 3.77. The number of nitrogens with zero attached hydrogens (tertiary/aromatic N) is 8. The molecule has 0 amide bonds. The maximum absolute atomic E-state index is 14.7. The second-order valence-corrected chi connectivity index (χ2v) is 10.1. The molecule has 0 saturated carbocycles. The SMILES string of the molecule is Nc1nc2c(cnn2CCN2CCN(c3cc(O[C@H]4CNC[C@H]4F)c(F)cc3F)CC2)c2nc(-c3ccco3)nn12. The predicted octanol–water partition coefficient (Wildman–Crippen LogP) is 2.11. The van der Waals surface area contributed by atoms with Crippen LogP contribution in [0.2, 0.25) is 0 Å². The number of alkyl halides is 1. The van der Waals surface area contributed by atoms with Crippen LogP contribution in [0.5, 0.6) is 5.75 Å². The molecule has 2 atom stereocenters. The number of piperazine rings is 1. The molecule has 2 aliphatic heterocycles. The van der Waals surface area contributed by atoms with Gasteiger partial charge in [-0.3, -0.25) is 4.90 Å². The van der Waals surface area contributed by atoms with E-state index in [1.165, 1.54) is 10.6 Å². The quantitative estimate of drug-likeness (QED) is 0.301. The third-order valence-corrected chi connectivity index (χ3v) is 7.55. The standard InChI is InChI=1S/C26H27F3N10O2/c27-16-10-17(28)21(41-22-14-31-13-18(22)29)11-19(16)37-6-3-36(4-7-37)5-8-38-24-15(12-32-38)25-33-23(20-2-1-9-40-20)35-39(25)26(30)34-24/h1-2,9-12,18,22,31H,3-8,13-14H2,(H2,30,34)/t18-,22+/m1/s1. The third kappa shape index (κ3) is 4.70. The van der Waals surface area contributed by atoms with Crippen LogP contribution >= 0.6 is 0 Å². The van der Waals surface area contributed by atoms with Crippen molar-refractivity contribution < 1.29 is 22.3 Å². The van der Waals surface area contributed by atoms with E-state index in [0.717, 1.165) is 6.07 Å². The Balaban J connectivity index is 1.02. The van der Waals surface area contributed by atoms with Gasteiger partial charge in [0.1, 0.15) is 11.9 Å². The topological polar surface area (TPSA) is 128 Å². The van der Waals surface area contributed by atoms with E-state index in [1.54, 1.807) is 29.3 Å². The molecule has 214 valence electrons. The minimum absolute atomic E-state index is 0.143. The largest absolute Gasteiger partial charge is 0.483 e. The van der Waals surface area contributed by atoms with Crippen molar-refractivity contribution in [3.63, 3.8) is 0 Å². The van der Waals surface area contributed by atoms with Gasteiger partial charge in [0.2, 0.25) is 11.8 Å². The summed E-state index contributed by atoms with van der Waals surface area (Å²) in [5.41, 5.74) is 7.56. The van der Waals surface area contributed by atoms with Gasteiger partial charge in [-0.1, -0.05) is 0 Å². The van der Waals surface area contributed by atoms with Crippen molar-refractivity contribution in [2.75, 3.05) is 56.4 Å². The number of ether oxygens (including phenoxy) is 1. The Morgan fingerprint density at radius 3 is 2.66 bits per heavy atom. The summed E-state index contributed by atoms with van der Waals surface area (Å²) in [5.74, 6) is -0.548. The Hall–Kier alpha value is -4.37. The molecule has 6 heterocycles. The number of halogens is 3. The lowest BCUT2D eigenvalue weighted by molar-refractivity contribution is 0.134. The van der Waals surface area contributed by atoms with Crippen molar-refractivity contribution in [3.8, 4) is 17.3 Å². The molecule has 5 aromatic rings. The molecule has 3 N–H and O–H groups in total. The van der Waals surface area contributed by atoms with Gasteiger partial charge in [-0.05, 0) is 12.1 Å². The molecule has 0 unspecified atom stereocenters. The fourth-order valence-corrected chi connectivity index (χ4v) is 5.33. The zero-order valence-electron chi connectivity index (χ0n) is 21.9. The average molecular weight is 569 g/mol. The maximum atomic E-state index is 14.7. The van der Waals surface area contributed by atoms with Gasteiger partial charge in [-0.15, -0.1) is 5.10 Å². The Morgan fingerprint density at radius 2 is 1.90 bits per heavy atom. The first-order valence-electron chi connectivity index (χ1n) is 13.3. The highest BCUT2D eigenvalue weighted by Crippen LogP contribution is 2.31. The number of benzene rings is 1. The molecule has 7 rings (SSSR count). The van der Waals surface area contributed by atoms with Gasteiger partial charge in [-0.25, -0.2) is 22.8 Å². The first-order valence-corrected chi connectivity index (χ1v) is 13.3. The third-order valence-electron chi connectivity index (χ3n) is 7.55. The van der Waals surface area contributed by atoms with Crippen LogP contribution in [0.25, 0.3) is 28.3 Å². The fraction of sp³-hybridized carbons (Fsp3) is 0.385. The summed E-state index contributed by atoms with van der Waals surface area (Å²) in [6.07, 6.45) is 1.20. The van der Waals surface area contributed by atoms with Crippen molar-refractivity contribution in [2.45, 2.75) is 18.8 Å². The van der Waals surface area contributed by atoms with Gasteiger partial charge in [-0.2, -0.15) is 14.6 Å². The number of fused-ring (bicyclic) bond motifs is 3. The van der Waals surface area contributed by atoms with Crippen molar-refractivity contribution in [3.05, 3.63) is 48.4 Å². The van der Waals surface area contributed by atoms with Crippen LogP contribution in [0.3, 0.4) is 0 Å². The van der Waals surface area contributed by atoms with Crippen LogP contribution in [0, 0.1) is 11.6 Å². The molecular formula is C26H27F3N10O2. The summed E-state index contributed by atoms with van der Waals surface area (Å²) in [5, 5.41) is 12.5. The van der Waals surface area contributed by atoms with Gasteiger partial charge in [0, 0.05) is 57.9 Å². The molecule has 1 aromatic carbocycles. The Kier molecular flexibility index (Phi) is 6.38. The van der Waals surface area contributed by atoms with Gasteiger partial charge < -0.3 is 25.1 Å². The lowest BCUT2D eigenvalue weighted by Crippen LogP contribution is -2.47. The molecule has 41 heavy (non-hydrogen) atoms. The van der Waals surface area contributed by atoms with E-state index in [1.807, 2.05) is 4.90 Å². The molecule has 2 fully saturated rings. The van der Waals surface area contributed by atoms with E-state index in [4.69, 9.17) is 14.9 Å². The van der Waals surface area contributed by atoms with E-state index >= 15 is 0 Å². The molecule has 0 spiro atoms. The highest BCUT2D eigenvalue weighted by Gasteiger charge is 2.30. The Labute approximate surface area is 231 Å². The van der Waals surface area contributed by atoms with Crippen LogP contribution in [-0.4, -0.2) is 92.4 Å². The highest BCUT2D eigenvalue weighted by atomic mass is 19.1. The number of nitrogen functional groups attached to an aromatic ring is 1. The fourth-order valence-electron chi connectivity index (χ4n) is 5.33. The number of furan rings is 1. The number of hydrogen-bond donors (Lipinski definition) is 2. The first kappa shape index (κ1) is 25.6. The Bertz CT molecular complexity index is 1700.